The summed E-state index contributed by atoms with van der Waals surface area (Å²) in [5, 5.41) is 2.80. The quantitative estimate of drug-likeness (QED) is 0.405. The molecule has 1 aliphatic rings. The van der Waals surface area contributed by atoms with E-state index in [9.17, 15) is 13.2 Å². The number of oxazole rings is 1. The third-order valence-corrected chi connectivity index (χ3v) is 6.95. The summed E-state index contributed by atoms with van der Waals surface area (Å²) in [5.74, 6) is 0.832. The molecule has 0 bridgehead atoms. The first-order valence-corrected chi connectivity index (χ1v) is 12.5. The van der Waals surface area contributed by atoms with Gasteiger partial charge in [-0.25, -0.2) is 13.4 Å². The topological polar surface area (TPSA) is 120 Å². The van der Waals surface area contributed by atoms with E-state index in [2.05, 4.69) is 15.0 Å². The number of hydrogen-bond donors (Lipinski definition) is 2. The fraction of sp³-hybridized carbons (Fsp3) is 0.200. The molecule has 1 aliphatic heterocycles. The Morgan fingerprint density at radius 2 is 1.77 bits per heavy atom. The molecule has 10 heteroatoms. The van der Waals surface area contributed by atoms with Gasteiger partial charge in [0.15, 0.2) is 23.0 Å². The van der Waals surface area contributed by atoms with Crippen LogP contribution in [0, 0.1) is 6.92 Å². The molecule has 0 saturated heterocycles. The molecule has 1 aromatic heterocycles. The second-order valence-corrected chi connectivity index (χ2v) is 9.79. The van der Waals surface area contributed by atoms with Crippen molar-refractivity contribution in [3.05, 3.63) is 78.2 Å². The molecule has 2 heterocycles. The summed E-state index contributed by atoms with van der Waals surface area (Å²) in [6.45, 7) is 2.47. The Bertz CT molecular complexity index is 1480. The molecule has 0 fully saturated rings. The Labute approximate surface area is 202 Å². The second kappa shape index (κ2) is 9.40. The molecule has 0 aliphatic carbocycles. The largest absolute Gasteiger partial charge is 0.486 e. The molecule has 4 aromatic rings. The molecule has 0 unspecified atom stereocenters. The van der Waals surface area contributed by atoms with E-state index in [1.807, 2.05) is 30.3 Å². The Kier molecular flexibility index (Phi) is 6.14. The van der Waals surface area contributed by atoms with E-state index in [-0.39, 0.29) is 11.3 Å². The van der Waals surface area contributed by atoms with Gasteiger partial charge in [0, 0.05) is 18.7 Å². The van der Waals surface area contributed by atoms with Crippen molar-refractivity contribution >= 4 is 32.7 Å². The molecule has 2 N–H and O–H groups in total. The van der Waals surface area contributed by atoms with E-state index < -0.39 is 22.0 Å². The maximum absolute atomic E-state index is 13.3. The molecule has 35 heavy (non-hydrogen) atoms. The number of anilines is 1. The van der Waals surface area contributed by atoms with E-state index in [0.29, 0.717) is 47.4 Å². The lowest BCUT2D eigenvalue weighted by Gasteiger charge is -2.21. The van der Waals surface area contributed by atoms with Crippen molar-refractivity contribution in [2.24, 2.45) is 0 Å². The molecule has 0 spiro atoms. The molecule has 1 amide bonds. The van der Waals surface area contributed by atoms with E-state index in [0.717, 1.165) is 5.56 Å². The number of sulfonamides is 1. The van der Waals surface area contributed by atoms with Crippen LogP contribution in [0.3, 0.4) is 0 Å². The lowest BCUT2D eigenvalue weighted by atomic mass is 10.1. The first-order valence-electron chi connectivity index (χ1n) is 11.0. The highest BCUT2D eigenvalue weighted by atomic mass is 32.2. The minimum atomic E-state index is -4.06. The van der Waals surface area contributed by atoms with Gasteiger partial charge in [-0.2, -0.15) is 4.72 Å². The van der Waals surface area contributed by atoms with Gasteiger partial charge in [-0.15, -0.1) is 0 Å². The van der Waals surface area contributed by atoms with Gasteiger partial charge in [-0.1, -0.05) is 30.3 Å². The van der Waals surface area contributed by atoms with Crippen LogP contribution in [0.15, 0.2) is 76.0 Å². The standard InChI is InChI=1S/C25H23N3O6S/c1-16-26-20-14-18(7-9-22(20)34-16)27-25(29)21(13-17-5-3-2-4-6-17)28-35(30,31)19-8-10-23-24(15-19)33-12-11-32-23/h2-10,14-15,21,28H,11-13H2,1H3,(H,27,29)/t21-/m0/s1. The van der Waals surface area contributed by atoms with E-state index in [4.69, 9.17) is 13.9 Å². The van der Waals surface area contributed by atoms with Crippen molar-refractivity contribution in [1.82, 2.24) is 9.71 Å². The lowest BCUT2D eigenvalue weighted by Crippen LogP contribution is -2.45. The molecule has 0 radical (unpaired) electrons. The van der Waals surface area contributed by atoms with Crippen molar-refractivity contribution in [1.29, 1.82) is 0 Å². The van der Waals surface area contributed by atoms with Crippen molar-refractivity contribution in [3.63, 3.8) is 0 Å². The summed E-state index contributed by atoms with van der Waals surface area (Å²) in [5.41, 5.74) is 2.48. The van der Waals surface area contributed by atoms with Crippen LogP contribution in [-0.2, 0) is 21.2 Å². The number of carbonyl (C=O) groups excluding carboxylic acids is 1. The van der Waals surface area contributed by atoms with Crippen LogP contribution < -0.4 is 19.5 Å². The first kappa shape index (κ1) is 22.9. The van der Waals surface area contributed by atoms with Gasteiger partial charge in [0.05, 0.1) is 4.90 Å². The summed E-state index contributed by atoms with van der Waals surface area (Å²) < 4.78 is 45.5. The predicted octanol–water partition coefficient (Wildman–Crippen LogP) is 3.44. The number of fused-ring (bicyclic) bond motifs is 2. The number of ether oxygens (including phenoxy) is 2. The Morgan fingerprint density at radius 3 is 2.57 bits per heavy atom. The van der Waals surface area contributed by atoms with Gasteiger partial charge in [-0.3, -0.25) is 4.79 Å². The Balaban J connectivity index is 1.41. The Hall–Kier alpha value is -3.89. The average molecular weight is 494 g/mol. The second-order valence-electron chi connectivity index (χ2n) is 8.07. The zero-order valence-electron chi connectivity index (χ0n) is 18.9. The number of rotatable bonds is 7. The van der Waals surface area contributed by atoms with Crippen LogP contribution in [0.25, 0.3) is 11.1 Å². The highest BCUT2D eigenvalue weighted by molar-refractivity contribution is 7.89. The zero-order valence-corrected chi connectivity index (χ0v) is 19.7. The van der Waals surface area contributed by atoms with Crippen LogP contribution in [-0.4, -0.2) is 38.6 Å². The van der Waals surface area contributed by atoms with Crippen molar-refractivity contribution in [3.8, 4) is 11.5 Å². The monoisotopic (exact) mass is 493 g/mol. The molecule has 0 saturated carbocycles. The number of amides is 1. The number of aromatic nitrogens is 1. The number of hydrogen-bond acceptors (Lipinski definition) is 7. The molecule has 180 valence electrons. The van der Waals surface area contributed by atoms with Crippen LogP contribution in [0.2, 0.25) is 0 Å². The highest BCUT2D eigenvalue weighted by Crippen LogP contribution is 2.32. The van der Waals surface area contributed by atoms with Gasteiger partial charge in [0.2, 0.25) is 15.9 Å². The van der Waals surface area contributed by atoms with E-state index in [1.54, 1.807) is 31.2 Å². The van der Waals surface area contributed by atoms with Crippen LogP contribution >= 0.6 is 0 Å². The highest BCUT2D eigenvalue weighted by Gasteiger charge is 2.28. The summed E-state index contributed by atoms with van der Waals surface area (Å²) in [4.78, 5) is 17.5. The number of nitrogens with zero attached hydrogens (tertiary/aromatic N) is 1. The number of carbonyl (C=O) groups is 1. The van der Waals surface area contributed by atoms with Gasteiger partial charge in [-0.05, 0) is 42.3 Å². The number of benzene rings is 3. The minimum Gasteiger partial charge on any atom is -0.486 e. The Morgan fingerprint density at radius 1 is 1.00 bits per heavy atom. The fourth-order valence-corrected chi connectivity index (χ4v) is 5.04. The predicted molar refractivity (Wildman–Crippen MR) is 129 cm³/mol. The van der Waals surface area contributed by atoms with Crippen LogP contribution in [0.4, 0.5) is 5.69 Å². The molecular formula is C25H23N3O6S. The maximum Gasteiger partial charge on any atom is 0.242 e. The van der Waals surface area contributed by atoms with Gasteiger partial charge < -0.3 is 19.2 Å². The third kappa shape index (κ3) is 5.13. The fourth-order valence-electron chi connectivity index (χ4n) is 3.83. The smallest absolute Gasteiger partial charge is 0.242 e. The molecule has 5 rings (SSSR count). The van der Waals surface area contributed by atoms with Crippen LogP contribution in [0.5, 0.6) is 11.5 Å². The maximum atomic E-state index is 13.3. The first-order chi connectivity index (χ1) is 16.9. The van der Waals surface area contributed by atoms with Crippen molar-refractivity contribution in [2.45, 2.75) is 24.3 Å². The summed E-state index contributed by atoms with van der Waals surface area (Å²) in [7, 11) is -4.06. The minimum absolute atomic E-state index is 0.0212. The molecular weight excluding hydrogens is 470 g/mol. The molecule has 3 aromatic carbocycles. The summed E-state index contributed by atoms with van der Waals surface area (Å²) in [6.07, 6.45) is 0.155. The van der Waals surface area contributed by atoms with Gasteiger partial charge in [0.25, 0.3) is 0 Å². The van der Waals surface area contributed by atoms with Gasteiger partial charge >= 0.3 is 0 Å². The third-order valence-electron chi connectivity index (χ3n) is 5.48. The van der Waals surface area contributed by atoms with E-state index >= 15 is 0 Å². The average Bonchev–Trinajstić information content (AvgIpc) is 3.23. The zero-order chi connectivity index (χ0) is 24.4. The number of aryl methyl sites for hydroxylation is 1. The number of nitrogens with one attached hydrogen (secondary N) is 2. The summed E-state index contributed by atoms with van der Waals surface area (Å²) >= 11 is 0. The van der Waals surface area contributed by atoms with Crippen molar-refractivity contribution < 1.29 is 27.1 Å². The van der Waals surface area contributed by atoms with Crippen LogP contribution in [0.1, 0.15) is 11.5 Å². The van der Waals surface area contributed by atoms with Gasteiger partial charge in [0.1, 0.15) is 24.8 Å². The summed E-state index contributed by atoms with van der Waals surface area (Å²) in [6, 6.07) is 17.5. The molecule has 9 nitrogen and oxygen atoms in total. The lowest BCUT2D eigenvalue weighted by molar-refractivity contribution is -0.117. The normalized spacial score (nSPS) is 14.0. The van der Waals surface area contributed by atoms with E-state index in [1.165, 1.54) is 12.1 Å². The molecule has 1 atom stereocenters. The SMILES string of the molecule is Cc1nc2cc(NC(=O)[C@H](Cc3ccccc3)NS(=O)(=O)c3ccc4c(c3)OCCO4)ccc2o1. The van der Waals surface area contributed by atoms with Crippen molar-refractivity contribution in [2.75, 3.05) is 18.5 Å².